The van der Waals surface area contributed by atoms with Crippen LogP contribution in [0.1, 0.15) is 25.7 Å². The molecule has 72 valence electrons. The van der Waals surface area contributed by atoms with Crippen molar-refractivity contribution in [3.63, 3.8) is 0 Å². The highest BCUT2D eigenvalue weighted by atomic mass is 16.5. The number of rotatable bonds is 8. The highest BCUT2D eigenvalue weighted by Crippen LogP contribution is 1.99. The van der Waals surface area contributed by atoms with Gasteiger partial charge < -0.3 is 15.6 Å². The van der Waals surface area contributed by atoms with E-state index in [9.17, 15) is 4.79 Å². The minimum atomic E-state index is -0.724. The molecule has 0 unspecified atom stereocenters. The van der Waals surface area contributed by atoms with E-state index in [0.717, 1.165) is 19.3 Å². The summed E-state index contributed by atoms with van der Waals surface area (Å²) in [6, 6.07) is 0. The van der Waals surface area contributed by atoms with Gasteiger partial charge in [0.05, 0.1) is 6.61 Å². The maximum absolute atomic E-state index is 10.1. The van der Waals surface area contributed by atoms with Crippen LogP contribution in [-0.2, 0) is 9.53 Å². The molecule has 0 saturated heterocycles. The molecule has 0 radical (unpaired) electrons. The number of hydrogen-bond donors (Lipinski definition) is 2. The summed E-state index contributed by atoms with van der Waals surface area (Å²) >= 11 is 0. The van der Waals surface area contributed by atoms with E-state index in [1.165, 1.54) is 0 Å². The van der Waals surface area contributed by atoms with Gasteiger partial charge in [-0.2, -0.15) is 0 Å². The van der Waals surface area contributed by atoms with Crippen LogP contribution >= 0.6 is 0 Å². The van der Waals surface area contributed by atoms with Crippen LogP contribution in [0.15, 0.2) is 0 Å². The van der Waals surface area contributed by atoms with Crippen LogP contribution in [0.3, 0.4) is 0 Å². The van der Waals surface area contributed by atoms with Crippen molar-refractivity contribution in [2.75, 3.05) is 19.8 Å². The summed E-state index contributed by atoms with van der Waals surface area (Å²) in [6.45, 7) is 1.84. The van der Waals surface area contributed by atoms with E-state index < -0.39 is 5.97 Å². The molecule has 0 aliphatic rings. The maximum atomic E-state index is 10.1. The first-order valence-corrected chi connectivity index (χ1v) is 4.27. The van der Waals surface area contributed by atoms with Crippen molar-refractivity contribution >= 4 is 5.97 Å². The van der Waals surface area contributed by atoms with E-state index in [1.54, 1.807) is 0 Å². The molecule has 0 rings (SSSR count). The topological polar surface area (TPSA) is 72.5 Å². The Morgan fingerprint density at radius 3 is 2.58 bits per heavy atom. The average Bonchev–Trinajstić information content (AvgIpc) is 2.02. The van der Waals surface area contributed by atoms with E-state index in [2.05, 4.69) is 0 Å². The van der Waals surface area contributed by atoms with Gasteiger partial charge in [0.1, 0.15) is 0 Å². The number of unbranched alkanes of at least 4 members (excludes halogenated alkanes) is 2. The lowest BCUT2D eigenvalue weighted by molar-refractivity contribution is -0.137. The summed E-state index contributed by atoms with van der Waals surface area (Å²) in [7, 11) is 0. The van der Waals surface area contributed by atoms with Crippen LogP contribution in [-0.4, -0.2) is 30.8 Å². The molecular weight excluding hydrogens is 158 g/mol. The quantitative estimate of drug-likeness (QED) is 0.530. The zero-order valence-electron chi connectivity index (χ0n) is 7.29. The molecule has 0 aliphatic heterocycles. The van der Waals surface area contributed by atoms with Gasteiger partial charge in [-0.1, -0.05) is 6.42 Å². The zero-order chi connectivity index (χ0) is 9.23. The fourth-order valence-electron chi connectivity index (χ4n) is 0.843. The number of hydrogen-bond acceptors (Lipinski definition) is 3. The molecule has 0 heterocycles. The lowest BCUT2D eigenvalue weighted by atomic mass is 10.2. The van der Waals surface area contributed by atoms with Gasteiger partial charge in [-0.15, -0.1) is 0 Å². The lowest BCUT2D eigenvalue weighted by Crippen LogP contribution is -2.08. The van der Waals surface area contributed by atoms with Crippen LogP contribution < -0.4 is 5.73 Å². The van der Waals surface area contributed by atoms with E-state index >= 15 is 0 Å². The van der Waals surface area contributed by atoms with Crippen molar-refractivity contribution in [1.82, 2.24) is 0 Å². The normalized spacial score (nSPS) is 10.1. The summed E-state index contributed by atoms with van der Waals surface area (Å²) in [4.78, 5) is 10.1. The number of carboxylic acid groups (broad SMARTS) is 1. The highest BCUT2D eigenvalue weighted by molar-refractivity contribution is 5.66. The lowest BCUT2D eigenvalue weighted by Gasteiger charge is -2.00. The van der Waals surface area contributed by atoms with E-state index in [4.69, 9.17) is 15.6 Å². The van der Waals surface area contributed by atoms with Crippen molar-refractivity contribution in [2.45, 2.75) is 25.7 Å². The number of carbonyl (C=O) groups is 1. The zero-order valence-corrected chi connectivity index (χ0v) is 7.29. The molecule has 0 aromatic heterocycles. The third-order valence-corrected chi connectivity index (χ3v) is 1.44. The van der Waals surface area contributed by atoms with Crippen LogP contribution in [0, 0.1) is 0 Å². The fraction of sp³-hybridized carbons (Fsp3) is 0.875. The standard InChI is InChI=1S/C8H17NO3/c9-5-7-12-6-3-1-2-4-8(10)11/h1-7,9H2,(H,10,11). The Bertz CT molecular complexity index is 117. The van der Waals surface area contributed by atoms with Crippen molar-refractivity contribution in [1.29, 1.82) is 0 Å². The predicted molar refractivity (Wildman–Crippen MR) is 46.0 cm³/mol. The molecule has 4 nitrogen and oxygen atoms in total. The summed E-state index contributed by atoms with van der Waals surface area (Å²) in [5.74, 6) is -0.724. The Hall–Kier alpha value is -0.610. The molecule has 0 atom stereocenters. The minimum Gasteiger partial charge on any atom is -0.481 e. The third kappa shape index (κ3) is 9.39. The van der Waals surface area contributed by atoms with E-state index in [0.29, 0.717) is 19.8 Å². The summed E-state index contributed by atoms with van der Waals surface area (Å²) in [6.07, 6.45) is 2.84. The molecule has 0 amide bonds. The second-order valence-corrected chi connectivity index (χ2v) is 2.61. The average molecular weight is 175 g/mol. The van der Waals surface area contributed by atoms with E-state index in [-0.39, 0.29) is 6.42 Å². The van der Waals surface area contributed by atoms with Gasteiger partial charge in [0, 0.05) is 19.6 Å². The number of ether oxygens (including phenoxy) is 1. The van der Waals surface area contributed by atoms with Crippen molar-refractivity contribution < 1.29 is 14.6 Å². The number of carboxylic acids is 1. The van der Waals surface area contributed by atoms with E-state index in [1.807, 2.05) is 0 Å². The second kappa shape index (κ2) is 8.49. The fourth-order valence-corrected chi connectivity index (χ4v) is 0.843. The molecule has 12 heavy (non-hydrogen) atoms. The molecule has 0 aromatic carbocycles. The number of aliphatic carboxylic acids is 1. The Kier molecular flexibility index (Phi) is 8.05. The molecule has 0 aliphatic carbocycles. The molecule has 0 fully saturated rings. The van der Waals surface area contributed by atoms with Gasteiger partial charge in [0.2, 0.25) is 0 Å². The van der Waals surface area contributed by atoms with Gasteiger partial charge in [-0.25, -0.2) is 0 Å². The molecule has 0 bridgehead atoms. The van der Waals surface area contributed by atoms with Gasteiger partial charge in [0.25, 0.3) is 0 Å². The Morgan fingerprint density at radius 2 is 2.00 bits per heavy atom. The van der Waals surface area contributed by atoms with Crippen LogP contribution in [0.25, 0.3) is 0 Å². The minimum absolute atomic E-state index is 0.261. The van der Waals surface area contributed by atoms with Crippen LogP contribution in [0.2, 0.25) is 0 Å². The largest absolute Gasteiger partial charge is 0.481 e. The van der Waals surface area contributed by atoms with Gasteiger partial charge in [-0.05, 0) is 12.8 Å². The van der Waals surface area contributed by atoms with Crippen LogP contribution in [0.4, 0.5) is 0 Å². The second-order valence-electron chi connectivity index (χ2n) is 2.61. The summed E-state index contributed by atoms with van der Waals surface area (Å²) in [5.41, 5.74) is 5.21. The SMILES string of the molecule is NCCOCCCCCC(=O)O. The highest BCUT2D eigenvalue weighted by Gasteiger charge is 1.95. The predicted octanol–water partition coefficient (Wildman–Crippen LogP) is 0.607. The Labute approximate surface area is 72.7 Å². The smallest absolute Gasteiger partial charge is 0.303 e. The first-order valence-electron chi connectivity index (χ1n) is 4.27. The first kappa shape index (κ1) is 11.4. The molecule has 0 saturated carbocycles. The van der Waals surface area contributed by atoms with Crippen molar-refractivity contribution in [3.05, 3.63) is 0 Å². The molecular formula is C8H17NO3. The summed E-state index contributed by atoms with van der Waals surface area (Å²) in [5, 5.41) is 8.31. The molecule has 4 heteroatoms. The van der Waals surface area contributed by atoms with Crippen molar-refractivity contribution in [2.24, 2.45) is 5.73 Å². The first-order chi connectivity index (χ1) is 5.77. The van der Waals surface area contributed by atoms with Crippen molar-refractivity contribution in [3.8, 4) is 0 Å². The monoisotopic (exact) mass is 175 g/mol. The Morgan fingerprint density at radius 1 is 1.25 bits per heavy atom. The van der Waals surface area contributed by atoms with Gasteiger partial charge in [-0.3, -0.25) is 4.79 Å². The molecule has 3 N–H and O–H groups in total. The molecule has 0 spiro atoms. The summed E-state index contributed by atoms with van der Waals surface area (Å²) < 4.78 is 5.12. The number of nitrogens with two attached hydrogens (primary N) is 1. The third-order valence-electron chi connectivity index (χ3n) is 1.44. The molecule has 0 aromatic rings. The van der Waals surface area contributed by atoms with Gasteiger partial charge in [0.15, 0.2) is 0 Å². The van der Waals surface area contributed by atoms with Crippen LogP contribution in [0.5, 0.6) is 0 Å². The maximum Gasteiger partial charge on any atom is 0.303 e. The Balaban J connectivity index is 2.86. The van der Waals surface area contributed by atoms with Gasteiger partial charge >= 0.3 is 5.97 Å².